The lowest BCUT2D eigenvalue weighted by atomic mass is 9.69. The monoisotopic (exact) mass is 370 g/mol. The van der Waals surface area contributed by atoms with Crippen LogP contribution in [0.3, 0.4) is 0 Å². The quantitative estimate of drug-likeness (QED) is 0.667. The molecule has 1 aliphatic heterocycles. The first-order valence-corrected chi connectivity index (χ1v) is 9.66. The molecule has 146 valence electrons. The van der Waals surface area contributed by atoms with Crippen molar-refractivity contribution in [2.75, 3.05) is 26.4 Å². The van der Waals surface area contributed by atoms with Gasteiger partial charge in [-0.2, -0.15) is 0 Å². The Kier molecular flexibility index (Phi) is 5.59. The molecule has 0 aromatic heterocycles. The van der Waals surface area contributed by atoms with Crippen molar-refractivity contribution in [1.29, 1.82) is 0 Å². The van der Waals surface area contributed by atoms with Crippen molar-refractivity contribution < 1.29 is 19.0 Å². The SMILES string of the molecule is CCOC(=O)C(C)(C)C1(OCC2(C)COC2)C=CC(c2ccccc2)=CC1. The molecule has 1 unspecified atom stereocenters. The van der Waals surface area contributed by atoms with Gasteiger partial charge in [0.2, 0.25) is 0 Å². The van der Waals surface area contributed by atoms with E-state index in [0.717, 1.165) is 11.1 Å². The Morgan fingerprint density at radius 2 is 1.93 bits per heavy atom. The zero-order valence-corrected chi connectivity index (χ0v) is 16.8. The van der Waals surface area contributed by atoms with E-state index in [2.05, 4.69) is 37.3 Å². The summed E-state index contributed by atoms with van der Waals surface area (Å²) in [5, 5.41) is 0. The van der Waals surface area contributed by atoms with Crippen LogP contribution in [0.25, 0.3) is 5.57 Å². The van der Waals surface area contributed by atoms with Crippen LogP contribution in [-0.4, -0.2) is 38.0 Å². The van der Waals surface area contributed by atoms with E-state index in [1.807, 2.05) is 39.0 Å². The summed E-state index contributed by atoms with van der Waals surface area (Å²) >= 11 is 0. The molecule has 0 radical (unpaired) electrons. The molecule has 4 heteroatoms. The van der Waals surface area contributed by atoms with E-state index in [1.165, 1.54) is 0 Å². The average Bonchev–Trinajstić information content (AvgIpc) is 2.66. The molecule has 27 heavy (non-hydrogen) atoms. The van der Waals surface area contributed by atoms with Crippen molar-refractivity contribution in [3.05, 3.63) is 54.1 Å². The topological polar surface area (TPSA) is 44.8 Å². The van der Waals surface area contributed by atoms with Crippen molar-refractivity contribution >= 4 is 11.5 Å². The Morgan fingerprint density at radius 1 is 1.22 bits per heavy atom. The molecular weight excluding hydrogens is 340 g/mol. The number of benzene rings is 1. The molecule has 1 aliphatic carbocycles. The van der Waals surface area contributed by atoms with E-state index in [9.17, 15) is 4.79 Å². The number of hydrogen-bond donors (Lipinski definition) is 0. The molecule has 0 saturated carbocycles. The minimum absolute atomic E-state index is 0.00893. The number of esters is 1. The summed E-state index contributed by atoms with van der Waals surface area (Å²) in [7, 11) is 0. The molecule has 1 aromatic carbocycles. The van der Waals surface area contributed by atoms with Gasteiger partial charge in [-0.1, -0.05) is 55.5 Å². The van der Waals surface area contributed by atoms with E-state index < -0.39 is 11.0 Å². The molecule has 1 saturated heterocycles. The molecule has 3 rings (SSSR count). The van der Waals surface area contributed by atoms with E-state index in [4.69, 9.17) is 14.2 Å². The Bertz CT molecular complexity index is 728. The molecule has 1 fully saturated rings. The van der Waals surface area contributed by atoms with Crippen LogP contribution in [0.2, 0.25) is 0 Å². The van der Waals surface area contributed by atoms with Gasteiger partial charge in [0, 0.05) is 11.8 Å². The fraction of sp³-hybridized carbons (Fsp3) is 0.522. The lowest BCUT2D eigenvalue weighted by molar-refractivity contribution is -0.195. The molecular formula is C23H30O4. The lowest BCUT2D eigenvalue weighted by Crippen LogP contribution is -2.54. The first-order valence-electron chi connectivity index (χ1n) is 9.66. The van der Waals surface area contributed by atoms with Gasteiger partial charge >= 0.3 is 5.97 Å². The molecule has 0 bridgehead atoms. The van der Waals surface area contributed by atoms with E-state index in [-0.39, 0.29) is 11.4 Å². The molecule has 1 atom stereocenters. The fourth-order valence-corrected chi connectivity index (χ4v) is 3.54. The summed E-state index contributed by atoms with van der Waals surface area (Å²) in [4.78, 5) is 12.7. The Labute approximate surface area is 162 Å². The predicted molar refractivity (Wildman–Crippen MR) is 106 cm³/mol. The molecule has 1 heterocycles. The molecule has 0 spiro atoms. The van der Waals surface area contributed by atoms with Crippen molar-refractivity contribution in [3.8, 4) is 0 Å². The van der Waals surface area contributed by atoms with Crippen LogP contribution in [0.5, 0.6) is 0 Å². The molecule has 4 nitrogen and oxygen atoms in total. The second-order valence-electron chi connectivity index (χ2n) is 8.39. The highest BCUT2D eigenvalue weighted by molar-refractivity contribution is 5.81. The largest absolute Gasteiger partial charge is 0.465 e. The van der Waals surface area contributed by atoms with Gasteiger partial charge < -0.3 is 14.2 Å². The molecule has 1 aromatic rings. The highest BCUT2D eigenvalue weighted by atomic mass is 16.5. The molecule has 0 amide bonds. The summed E-state index contributed by atoms with van der Waals surface area (Å²) < 4.78 is 17.2. The van der Waals surface area contributed by atoms with Gasteiger partial charge in [0.25, 0.3) is 0 Å². The number of carbonyl (C=O) groups is 1. The number of allylic oxidation sites excluding steroid dienone is 2. The van der Waals surface area contributed by atoms with Gasteiger partial charge in [0.1, 0.15) is 5.60 Å². The van der Waals surface area contributed by atoms with Crippen LogP contribution in [-0.2, 0) is 19.0 Å². The minimum atomic E-state index is -0.806. The fourth-order valence-electron chi connectivity index (χ4n) is 3.54. The third kappa shape index (κ3) is 3.87. The third-order valence-electron chi connectivity index (χ3n) is 5.69. The van der Waals surface area contributed by atoms with Gasteiger partial charge in [-0.05, 0) is 31.9 Å². The van der Waals surface area contributed by atoms with Gasteiger partial charge in [-0.15, -0.1) is 0 Å². The zero-order chi connectivity index (χ0) is 19.5. The summed E-state index contributed by atoms with van der Waals surface area (Å²) in [5.74, 6) is -0.235. The smallest absolute Gasteiger partial charge is 0.314 e. The van der Waals surface area contributed by atoms with Gasteiger partial charge in [-0.25, -0.2) is 0 Å². The van der Waals surface area contributed by atoms with E-state index in [1.54, 1.807) is 0 Å². The highest BCUT2D eigenvalue weighted by Gasteiger charge is 2.52. The molecule has 2 aliphatic rings. The zero-order valence-electron chi connectivity index (χ0n) is 16.8. The number of ether oxygens (including phenoxy) is 3. The van der Waals surface area contributed by atoms with Gasteiger partial charge in [-0.3, -0.25) is 4.79 Å². The Hall–Kier alpha value is -1.91. The Morgan fingerprint density at radius 3 is 2.44 bits per heavy atom. The second-order valence-corrected chi connectivity index (χ2v) is 8.39. The van der Waals surface area contributed by atoms with E-state index in [0.29, 0.717) is 32.8 Å². The maximum Gasteiger partial charge on any atom is 0.314 e. The molecule has 0 N–H and O–H groups in total. The van der Waals surface area contributed by atoms with Crippen LogP contribution >= 0.6 is 0 Å². The minimum Gasteiger partial charge on any atom is -0.465 e. The van der Waals surface area contributed by atoms with Gasteiger partial charge in [0.05, 0.1) is 31.8 Å². The number of carbonyl (C=O) groups excluding carboxylic acids is 1. The van der Waals surface area contributed by atoms with Gasteiger partial charge in [0.15, 0.2) is 0 Å². The van der Waals surface area contributed by atoms with Crippen LogP contribution in [0.4, 0.5) is 0 Å². The first kappa shape index (κ1) is 19.8. The Balaban J connectivity index is 1.86. The highest BCUT2D eigenvalue weighted by Crippen LogP contribution is 2.45. The van der Waals surface area contributed by atoms with Crippen molar-refractivity contribution in [2.24, 2.45) is 10.8 Å². The van der Waals surface area contributed by atoms with E-state index >= 15 is 0 Å². The summed E-state index contributed by atoms with van der Waals surface area (Å²) in [5.41, 5.74) is 0.771. The van der Waals surface area contributed by atoms with Crippen LogP contribution in [0.15, 0.2) is 48.6 Å². The third-order valence-corrected chi connectivity index (χ3v) is 5.69. The van der Waals surface area contributed by atoms with Crippen molar-refractivity contribution in [2.45, 2.75) is 39.7 Å². The lowest BCUT2D eigenvalue weighted by Gasteiger charge is -2.47. The first-order chi connectivity index (χ1) is 12.8. The second kappa shape index (κ2) is 7.61. The summed E-state index contributed by atoms with van der Waals surface area (Å²) in [6.45, 7) is 10.1. The van der Waals surface area contributed by atoms with Crippen LogP contribution < -0.4 is 0 Å². The van der Waals surface area contributed by atoms with Crippen molar-refractivity contribution in [1.82, 2.24) is 0 Å². The number of hydrogen-bond acceptors (Lipinski definition) is 4. The van der Waals surface area contributed by atoms with Crippen molar-refractivity contribution in [3.63, 3.8) is 0 Å². The maximum atomic E-state index is 12.7. The standard InChI is InChI=1S/C23H30O4/c1-5-26-20(24)21(2,3)23(27-17-22(4)15-25-16-22)13-11-19(12-14-23)18-9-7-6-8-10-18/h6-13H,5,14-17H2,1-4H3. The average molecular weight is 370 g/mol. The normalized spacial score (nSPS) is 24.1. The number of rotatable bonds is 7. The summed E-state index contributed by atoms with van der Waals surface area (Å²) in [6.07, 6.45) is 6.90. The summed E-state index contributed by atoms with van der Waals surface area (Å²) in [6, 6.07) is 10.3. The van der Waals surface area contributed by atoms with Crippen LogP contribution in [0, 0.1) is 10.8 Å². The van der Waals surface area contributed by atoms with Crippen LogP contribution in [0.1, 0.15) is 39.7 Å². The maximum absolute atomic E-state index is 12.7. The predicted octanol–water partition coefficient (Wildman–Crippen LogP) is 4.41.